The van der Waals surface area contributed by atoms with Gasteiger partial charge in [0.15, 0.2) is 0 Å². The van der Waals surface area contributed by atoms with Crippen LogP contribution in [0.25, 0.3) is 0 Å². The van der Waals surface area contributed by atoms with E-state index >= 15 is 0 Å². The lowest BCUT2D eigenvalue weighted by atomic mass is 9.82. The molecule has 0 saturated carbocycles. The summed E-state index contributed by atoms with van der Waals surface area (Å²) in [6.45, 7) is 0. The van der Waals surface area contributed by atoms with Crippen LogP contribution >= 0.6 is 0 Å². The van der Waals surface area contributed by atoms with Crippen LogP contribution in [0.1, 0.15) is 35.7 Å². The summed E-state index contributed by atoms with van der Waals surface area (Å²) < 4.78 is 2.06. The van der Waals surface area contributed by atoms with E-state index in [4.69, 9.17) is 0 Å². The molecule has 0 spiro atoms. The van der Waals surface area contributed by atoms with E-state index < -0.39 is 0 Å². The van der Waals surface area contributed by atoms with E-state index in [1.165, 1.54) is 24.0 Å². The Balaban J connectivity index is 2.05. The van der Waals surface area contributed by atoms with Gasteiger partial charge in [0.2, 0.25) is 5.95 Å². The highest BCUT2D eigenvalue weighted by molar-refractivity contribution is 5.38. The van der Waals surface area contributed by atoms with Crippen molar-refractivity contribution in [3.05, 3.63) is 41.2 Å². The van der Waals surface area contributed by atoms with Crippen molar-refractivity contribution in [3.8, 4) is 0 Å². The number of nitrogens with one attached hydrogen (secondary N) is 1. The Bertz CT molecular complexity index is 559. The lowest BCUT2D eigenvalue weighted by Crippen LogP contribution is -2.15. The largest absolute Gasteiger partial charge is 0.357 e. The molecule has 94 valence electrons. The second-order valence-corrected chi connectivity index (χ2v) is 4.83. The van der Waals surface area contributed by atoms with Gasteiger partial charge in [0.25, 0.3) is 0 Å². The van der Waals surface area contributed by atoms with Crippen LogP contribution in [0.5, 0.6) is 0 Å². The van der Waals surface area contributed by atoms with E-state index in [2.05, 4.69) is 44.3 Å². The van der Waals surface area contributed by atoms with Crippen molar-refractivity contribution < 1.29 is 0 Å². The van der Waals surface area contributed by atoms with Crippen LogP contribution in [0.3, 0.4) is 0 Å². The predicted octanol–water partition coefficient (Wildman–Crippen LogP) is 2.33. The Morgan fingerprint density at radius 2 is 2.11 bits per heavy atom. The molecule has 0 radical (unpaired) electrons. The first-order chi connectivity index (χ1) is 8.81. The zero-order valence-electron chi connectivity index (χ0n) is 10.8. The highest BCUT2D eigenvalue weighted by atomic mass is 15.3. The van der Waals surface area contributed by atoms with E-state index in [0.717, 1.165) is 18.2 Å². The standard InChI is InChI=1S/C14H18N4/c1-15-14-17-16-13(18(14)2)12-9-5-7-10-6-3-4-8-11(10)12/h3-4,6,8,12H,5,7,9H2,1-2H3,(H,15,17). The number of aryl methyl sites for hydroxylation is 1. The van der Waals surface area contributed by atoms with Gasteiger partial charge in [0.1, 0.15) is 5.82 Å². The van der Waals surface area contributed by atoms with Crippen LogP contribution in [0.2, 0.25) is 0 Å². The van der Waals surface area contributed by atoms with Crippen LogP contribution in [-0.2, 0) is 13.5 Å². The number of aromatic nitrogens is 3. The van der Waals surface area contributed by atoms with Crippen LogP contribution in [0, 0.1) is 0 Å². The van der Waals surface area contributed by atoms with Crippen molar-refractivity contribution in [3.63, 3.8) is 0 Å². The highest BCUT2D eigenvalue weighted by Crippen LogP contribution is 2.35. The van der Waals surface area contributed by atoms with Crippen molar-refractivity contribution in [2.24, 2.45) is 7.05 Å². The minimum Gasteiger partial charge on any atom is -0.357 e. The second kappa shape index (κ2) is 4.44. The van der Waals surface area contributed by atoms with Gasteiger partial charge in [0.05, 0.1) is 0 Å². The zero-order valence-corrected chi connectivity index (χ0v) is 10.8. The number of anilines is 1. The molecule has 3 rings (SSSR count). The van der Waals surface area contributed by atoms with Gasteiger partial charge in [-0.3, -0.25) is 0 Å². The first kappa shape index (κ1) is 11.3. The lowest BCUT2D eigenvalue weighted by molar-refractivity contribution is 0.573. The van der Waals surface area contributed by atoms with Crippen LogP contribution in [0.15, 0.2) is 24.3 Å². The molecule has 2 aromatic rings. The summed E-state index contributed by atoms with van der Waals surface area (Å²) in [5.74, 6) is 2.27. The molecule has 18 heavy (non-hydrogen) atoms. The molecule has 0 aliphatic heterocycles. The number of benzene rings is 1. The Labute approximate surface area is 107 Å². The van der Waals surface area contributed by atoms with E-state index in [9.17, 15) is 0 Å². The molecule has 4 heteroatoms. The molecule has 1 aliphatic carbocycles. The maximum Gasteiger partial charge on any atom is 0.224 e. The van der Waals surface area contributed by atoms with Gasteiger partial charge in [-0.05, 0) is 30.4 Å². The number of hydrogen-bond acceptors (Lipinski definition) is 3. The molecular formula is C14H18N4. The maximum absolute atomic E-state index is 4.36. The Kier molecular flexibility index (Phi) is 2.78. The summed E-state index contributed by atoms with van der Waals surface area (Å²) in [7, 11) is 3.90. The van der Waals surface area contributed by atoms with Gasteiger partial charge < -0.3 is 9.88 Å². The molecular weight excluding hydrogens is 224 g/mol. The summed E-state index contributed by atoms with van der Waals surface area (Å²) >= 11 is 0. The fraction of sp³-hybridized carbons (Fsp3) is 0.429. The molecule has 1 aromatic carbocycles. The SMILES string of the molecule is CNc1nnc(C2CCCc3ccccc32)n1C. The smallest absolute Gasteiger partial charge is 0.224 e. The third-order valence-corrected chi connectivity index (χ3v) is 3.81. The van der Waals surface area contributed by atoms with Crippen LogP contribution in [0.4, 0.5) is 5.95 Å². The van der Waals surface area contributed by atoms with Crippen LogP contribution in [-0.4, -0.2) is 21.8 Å². The zero-order chi connectivity index (χ0) is 12.5. The molecule has 4 nitrogen and oxygen atoms in total. The fourth-order valence-corrected chi connectivity index (χ4v) is 2.88. The summed E-state index contributed by atoms with van der Waals surface area (Å²) in [6, 6.07) is 8.70. The minimum absolute atomic E-state index is 0.384. The van der Waals surface area contributed by atoms with Crippen molar-refractivity contribution in [2.45, 2.75) is 25.2 Å². The molecule has 1 aliphatic rings. The van der Waals surface area contributed by atoms with Gasteiger partial charge in [-0.25, -0.2) is 0 Å². The second-order valence-electron chi connectivity index (χ2n) is 4.83. The quantitative estimate of drug-likeness (QED) is 0.879. The molecule has 1 N–H and O–H groups in total. The molecule has 1 heterocycles. The van der Waals surface area contributed by atoms with Gasteiger partial charge in [-0.1, -0.05) is 24.3 Å². The van der Waals surface area contributed by atoms with Crippen LogP contribution < -0.4 is 5.32 Å². The third-order valence-electron chi connectivity index (χ3n) is 3.81. The first-order valence-electron chi connectivity index (χ1n) is 6.46. The van der Waals surface area contributed by atoms with Gasteiger partial charge in [-0.2, -0.15) is 0 Å². The Morgan fingerprint density at radius 1 is 1.28 bits per heavy atom. The number of rotatable bonds is 2. The molecule has 0 saturated heterocycles. The normalized spacial score (nSPS) is 18.4. The molecule has 1 aromatic heterocycles. The average Bonchev–Trinajstić information content (AvgIpc) is 2.79. The maximum atomic E-state index is 4.36. The molecule has 1 unspecified atom stereocenters. The predicted molar refractivity (Wildman–Crippen MR) is 71.8 cm³/mol. The Morgan fingerprint density at radius 3 is 2.89 bits per heavy atom. The van der Waals surface area contributed by atoms with Gasteiger partial charge in [0, 0.05) is 20.0 Å². The molecule has 0 amide bonds. The number of hydrogen-bond donors (Lipinski definition) is 1. The number of fused-ring (bicyclic) bond motifs is 1. The monoisotopic (exact) mass is 242 g/mol. The fourth-order valence-electron chi connectivity index (χ4n) is 2.88. The summed E-state index contributed by atoms with van der Waals surface area (Å²) in [5, 5.41) is 11.6. The minimum atomic E-state index is 0.384. The molecule has 0 fully saturated rings. The topological polar surface area (TPSA) is 42.7 Å². The Hall–Kier alpha value is -1.84. The third kappa shape index (κ3) is 1.68. The summed E-state index contributed by atoms with van der Waals surface area (Å²) in [6.07, 6.45) is 3.57. The first-order valence-corrected chi connectivity index (χ1v) is 6.46. The summed E-state index contributed by atoms with van der Waals surface area (Å²) in [5.41, 5.74) is 2.88. The van der Waals surface area contributed by atoms with E-state index in [1.807, 2.05) is 14.1 Å². The van der Waals surface area contributed by atoms with Gasteiger partial charge >= 0.3 is 0 Å². The summed E-state index contributed by atoms with van der Waals surface area (Å²) in [4.78, 5) is 0. The van der Waals surface area contributed by atoms with Crippen molar-refractivity contribution in [1.29, 1.82) is 0 Å². The molecule has 0 bridgehead atoms. The van der Waals surface area contributed by atoms with E-state index in [0.29, 0.717) is 5.92 Å². The van der Waals surface area contributed by atoms with E-state index in [1.54, 1.807) is 0 Å². The van der Waals surface area contributed by atoms with E-state index in [-0.39, 0.29) is 0 Å². The van der Waals surface area contributed by atoms with Crippen molar-refractivity contribution >= 4 is 5.95 Å². The van der Waals surface area contributed by atoms with Crippen molar-refractivity contribution in [2.75, 3.05) is 12.4 Å². The average molecular weight is 242 g/mol. The van der Waals surface area contributed by atoms with Gasteiger partial charge in [-0.15, -0.1) is 10.2 Å². The lowest BCUT2D eigenvalue weighted by Gasteiger charge is -2.24. The molecule has 1 atom stereocenters. The van der Waals surface area contributed by atoms with Crippen molar-refractivity contribution in [1.82, 2.24) is 14.8 Å². The number of nitrogens with zero attached hydrogens (tertiary/aromatic N) is 3. The highest BCUT2D eigenvalue weighted by Gasteiger charge is 2.25.